The largest absolute Gasteiger partial charge is 0.433 e. The summed E-state index contributed by atoms with van der Waals surface area (Å²) < 4.78 is 40.1. The summed E-state index contributed by atoms with van der Waals surface area (Å²) in [5, 5.41) is 4.43. The van der Waals surface area contributed by atoms with Crippen LogP contribution in [-0.2, 0) is 12.7 Å². The van der Waals surface area contributed by atoms with Crippen molar-refractivity contribution in [2.24, 2.45) is 11.1 Å². The molecule has 3 heterocycles. The molecule has 2 N–H and O–H groups in total. The van der Waals surface area contributed by atoms with Gasteiger partial charge in [-0.25, -0.2) is 0 Å². The van der Waals surface area contributed by atoms with Gasteiger partial charge in [0.1, 0.15) is 5.69 Å². The van der Waals surface area contributed by atoms with Crippen molar-refractivity contribution in [2.75, 3.05) is 0 Å². The van der Waals surface area contributed by atoms with Crippen LogP contribution < -0.4 is 5.73 Å². The quantitative estimate of drug-likeness (QED) is 0.854. The van der Waals surface area contributed by atoms with Crippen LogP contribution in [-0.4, -0.2) is 14.8 Å². The molecule has 1 aliphatic rings. The maximum atomic E-state index is 12.8. The Kier molecular flexibility index (Phi) is 4.47. The molecule has 0 radical (unpaired) electrons. The highest BCUT2D eigenvalue weighted by Crippen LogP contribution is 2.37. The fraction of sp³-hybridized carbons (Fsp3) is 0.467. The van der Waals surface area contributed by atoms with Crippen LogP contribution >= 0.6 is 12.4 Å². The van der Waals surface area contributed by atoms with Crippen molar-refractivity contribution in [1.82, 2.24) is 14.8 Å². The van der Waals surface area contributed by atoms with Crippen LogP contribution in [0.2, 0.25) is 0 Å². The summed E-state index contributed by atoms with van der Waals surface area (Å²) in [7, 11) is 0. The van der Waals surface area contributed by atoms with Gasteiger partial charge in [0.25, 0.3) is 0 Å². The van der Waals surface area contributed by atoms with E-state index in [9.17, 15) is 13.2 Å². The smallest absolute Gasteiger partial charge is 0.323 e. The highest BCUT2D eigenvalue weighted by atomic mass is 35.5. The van der Waals surface area contributed by atoms with Gasteiger partial charge in [0.2, 0.25) is 0 Å². The number of rotatable bonds is 1. The molecule has 1 aliphatic heterocycles. The highest BCUT2D eigenvalue weighted by molar-refractivity contribution is 5.85. The molecule has 0 aliphatic carbocycles. The number of hydrogen-bond donors (Lipinski definition) is 1. The van der Waals surface area contributed by atoms with E-state index in [0.717, 1.165) is 24.4 Å². The molecule has 2 aromatic heterocycles. The van der Waals surface area contributed by atoms with Gasteiger partial charge in [-0.3, -0.25) is 9.67 Å². The number of halogens is 4. The molecule has 2 aromatic rings. The summed E-state index contributed by atoms with van der Waals surface area (Å²) in [5.41, 5.74) is 7.02. The zero-order valence-corrected chi connectivity index (χ0v) is 13.6. The lowest BCUT2D eigenvalue weighted by molar-refractivity contribution is -0.141. The number of nitrogens with zero attached hydrogens (tertiary/aromatic N) is 3. The molecular formula is C15H18ClF3N4. The lowest BCUT2D eigenvalue weighted by Crippen LogP contribution is -2.33. The highest BCUT2D eigenvalue weighted by Gasteiger charge is 2.34. The van der Waals surface area contributed by atoms with E-state index in [1.165, 1.54) is 6.07 Å². The number of nitrogens with two attached hydrogens (primary N) is 1. The lowest BCUT2D eigenvalue weighted by Gasteiger charge is -2.34. The molecule has 8 heteroatoms. The van der Waals surface area contributed by atoms with Crippen molar-refractivity contribution >= 4 is 12.4 Å². The Hall–Kier alpha value is -1.60. The van der Waals surface area contributed by atoms with Crippen LogP contribution in [0.1, 0.15) is 37.7 Å². The predicted molar refractivity (Wildman–Crippen MR) is 83.0 cm³/mol. The first-order valence-electron chi connectivity index (χ1n) is 7.03. The molecule has 23 heavy (non-hydrogen) atoms. The first-order valence-corrected chi connectivity index (χ1v) is 7.03. The van der Waals surface area contributed by atoms with E-state index in [1.54, 1.807) is 10.7 Å². The normalized spacial score (nSPS) is 19.8. The van der Waals surface area contributed by atoms with E-state index in [2.05, 4.69) is 23.9 Å². The van der Waals surface area contributed by atoms with Crippen LogP contribution in [0.3, 0.4) is 0 Å². The van der Waals surface area contributed by atoms with Gasteiger partial charge < -0.3 is 5.73 Å². The van der Waals surface area contributed by atoms with Crippen molar-refractivity contribution in [3.05, 3.63) is 35.8 Å². The molecule has 0 fully saturated rings. The molecule has 3 rings (SSSR count). The lowest BCUT2D eigenvalue weighted by atomic mass is 9.82. The van der Waals surface area contributed by atoms with Gasteiger partial charge in [0, 0.05) is 24.3 Å². The van der Waals surface area contributed by atoms with Gasteiger partial charge in [-0.2, -0.15) is 18.3 Å². The molecule has 0 spiro atoms. The van der Waals surface area contributed by atoms with E-state index in [1.807, 2.05) is 0 Å². The number of pyridine rings is 1. The average molecular weight is 347 g/mol. The van der Waals surface area contributed by atoms with Gasteiger partial charge in [-0.15, -0.1) is 12.4 Å². The molecule has 0 bridgehead atoms. The number of fused-ring (bicyclic) bond motifs is 1. The standard InChI is InChI=1S/C15H17F3N4.ClH/c1-14(2)7-10(19)12-6-11(21-22(12)8-14)9-3-4-20-13(5-9)15(16,17)18;/h3-6,10H,7-8,19H2,1-2H3;1H/t10-;/m0./s1. The third-order valence-corrected chi connectivity index (χ3v) is 3.89. The number of hydrogen-bond acceptors (Lipinski definition) is 3. The van der Waals surface area contributed by atoms with Gasteiger partial charge in [-0.1, -0.05) is 13.8 Å². The van der Waals surface area contributed by atoms with Crippen LogP contribution in [0.15, 0.2) is 24.4 Å². The zero-order valence-electron chi connectivity index (χ0n) is 12.8. The van der Waals surface area contributed by atoms with Gasteiger partial charge in [0.05, 0.1) is 11.4 Å². The summed E-state index contributed by atoms with van der Waals surface area (Å²) in [6.45, 7) is 4.91. The first kappa shape index (κ1) is 17.7. The average Bonchev–Trinajstić information content (AvgIpc) is 2.80. The Morgan fingerprint density at radius 2 is 2.00 bits per heavy atom. The topological polar surface area (TPSA) is 56.7 Å². The molecule has 0 aromatic carbocycles. The third kappa shape index (κ3) is 3.50. The molecule has 1 atom stereocenters. The first-order chi connectivity index (χ1) is 10.2. The molecule has 0 saturated carbocycles. The molecule has 0 amide bonds. The van der Waals surface area contributed by atoms with Gasteiger partial charge in [0.15, 0.2) is 0 Å². The van der Waals surface area contributed by atoms with Crippen molar-refractivity contribution < 1.29 is 13.2 Å². The number of aromatic nitrogens is 3. The minimum absolute atomic E-state index is 0. The van der Waals surface area contributed by atoms with Gasteiger partial charge >= 0.3 is 6.18 Å². The second-order valence-corrected chi connectivity index (χ2v) is 6.51. The Morgan fingerprint density at radius 1 is 1.30 bits per heavy atom. The Morgan fingerprint density at radius 3 is 2.65 bits per heavy atom. The van der Waals surface area contributed by atoms with Crippen molar-refractivity contribution in [2.45, 2.75) is 39.0 Å². The van der Waals surface area contributed by atoms with Crippen LogP contribution in [0.25, 0.3) is 11.3 Å². The predicted octanol–water partition coefficient (Wildman–Crippen LogP) is 3.82. The minimum Gasteiger partial charge on any atom is -0.323 e. The maximum Gasteiger partial charge on any atom is 0.433 e. The summed E-state index contributed by atoms with van der Waals surface area (Å²) in [6.07, 6.45) is -2.49. The van der Waals surface area contributed by atoms with E-state index >= 15 is 0 Å². The van der Waals surface area contributed by atoms with Crippen LogP contribution in [0.4, 0.5) is 13.2 Å². The summed E-state index contributed by atoms with van der Waals surface area (Å²) in [4.78, 5) is 3.37. The number of alkyl halides is 3. The van der Waals surface area contributed by atoms with Crippen LogP contribution in [0, 0.1) is 5.41 Å². The monoisotopic (exact) mass is 346 g/mol. The van der Waals surface area contributed by atoms with Crippen LogP contribution in [0.5, 0.6) is 0 Å². The fourth-order valence-corrected chi connectivity index (χ4v) is 2.91. The second kappa shape index (κ2) is 5.79. The van der Waals surface area contributed by atoms with Crippen molar-refractivity contribution in [3.8, 4) is 11.3 Å². The van der Waals surface area contributed by atoms with Gasteiger partial charge in [-0.05, 0) is 30.0 Å². The Labute approximate surface area is 138 Å². The summed E-state index contributed by atoms with van der Waals surface area (Å²) in [5.74, 6) is 0. The molecule has 0 saturated heterocycles. The fourth-order valence-electron chi connectivity index (χ4n) is 2.91. The van der Waals surface area contributed by atoms with E-state index in [4.69, 9.17) is 5.73 Å². The van der Waals surface area contributed by atoms with Crippen molar-refractivity contribution in [1.29, 1.82) is 0 Å². The summed E-state index contributed by atoms with van der Waals surface area (Å²) in [6, 6.07) is 4.16. The van der Waals surface area contributed by atoms with E-state index in [-0.39, 0.29) is 23.9 Å². The Bertz CT molecular complexity index is 709. The zero-order chi connectivity index (χ0) is 16.1. The van der Waals surface area contributed by atoms with E-state index in [0.29, 0.717) is 17.8 Å². The van der Waals surface area contributed by atoms with E-state index < -0.39 is 11.9 Å². The minimum atomic E-state index is -4.46. The molecule has 4 nitrogen and oxygen atoms in total. The SMILES string of the molecule is CC1(C)C[C@H](N)c2cc(-c3ccnc(C(F)(F)F)c3)nn2C1.Cl. The molecule has 0 unspecified atom stereocenters. The maximum absolute atomic E-state index is 12.8. The second-order valence-electron chi connectivity index (χ2n) is 6.51. The third-order valence-electron chi connectivity index (χ3n) is 3.89. The van der Waals surface area contributed by atoms with Crippen molar-refractivity contribution in [3.63, 3.8) is 0 Å². The molecule has 126 valence electrons. The summed E-state index contributed by atoms with van der Waals surface area (Å²) >= 11 is 0. The Balaban J connectivity index is 0.00000192. The molecular weight excluding hydrogens is 329 g/mol.